The van der Waals surface area contributed by atoms with E-state index < -0.39 is 0 Å². The number of thiophene rings is 1. The fourth-order valence-electron chi connectivity index (χ4n) is 2.41. The predicted molar refractivity (Wildman–Crippen MR) is 82.8 cm³/mol. The minimum absolute atomic E-state index is 0.0500. The Morgan fingerprint density at radius 3 is 2.95 bits per heavy atom. The fourth-order valence-corrected chi connectivity index (χ4v) is 3.74. The molecule has 1 aromatic carbocycles. The topological polar surface area (TPSA) is 35.2 Å². The fraction of sp³-hybridized carbons (Fsp3) is 0.333. The maximum absolute atomic E-state index is 6.27. The van der Waals surface area contributed by atoms with Crippen LogP contribution in [0.15, 0.2) is 34.8 Å². The van der Waals surface area contributed by atoms with E-state index in [9.17, 15) is 0 Å². The molecule has 0 saturated carbocycles. The first-order valence-electron chi connectivity index (χ1n) is 6.47. The molecule has 1 aliphatic heterocycles. The van der Waals surface area contributed by atoms with Crippen LogP contribution in [-0.2, 0) is 6.42 Å². The van der Waals surface area contributed by atoms with Crippen molar-refractivity contribution in [2.75, 3.05) is 0 Å². The Morgan fingerprint density at radius 1 is 1.37 bits per heavy atom. The van der Waals surface area contributed by atoms with Crippen LogP contribution >= 0.6 is 27.3 Å². The lowest BCUT2D eigenvalue weighted by atomic mass is 9.97. The molecule has 2 nitrogen and oxygen atoms in total. The Balaban J connectivity index is 1.91. The predicted octanol–water partition coefficient (Wildman–Crippen LogP) is 4.60. The average Bonchev–Trinajstić information content (AvgIpc) is 2.86. The van der Waals surface area contributed by atoms with E-state index >= 15 is 0 Å². The van der Waals surface area contributed by atoms with Gasteiger partial charge < -0.3 is 10.5 Å². The van der Waals surface area contributed by atoms with Gasteiger partial charge in [-0.1, -0.05) is 28.9 Å². The molecule has 2 N–H and O–H groups in total. The molecule has 0 radical (unpaired) electrons. The molecular weight excluding hydrogens is 322 g/mol. The van der Waals surface area contributed by atoms with E-state index in [-0.39, 0.29) is 12.1 Å². The lowest BCUT2D eigenvalue weighted by Gasteiger charge is -2.29. The summed E-state index contributed by atoms with van der Waals surface area (Å²) >= 11 is 5.31. The van der Waals surface area contributed by atoms with Crippen molar-refractivity contribution in [3.63, 3.8) is 0 Å². The van der Waals surface area contributed by atoms with Crippen molar-refractivity contribution in [3.8, 4) is 5.75 Å². The van der Waals surface area contributed by atoms with Crippen molar-refractivity contribution in [2.45, 2.75) is 31.9 Å². The van der Waals surface area contributed by atoms with Crippen LogP contribution in [0, 0.1) is 0 Å². The second-order valence-corrected chi connectivity index (χ2v) is 6.90. The average molecular weight is 338 g/mol. The molecule has 3 rings (SSSR count). The quantitative estimate of drug-likeness (QED) is 0.869. The van der Waals surface area contributed by atoms with Crippen LogP contribution in [-0.4, -0.2) is 0 Å². The number of fused-ring (bicyclic) bond motifs is 1. The maximum Gasteiger partial charge on any atom is 0.135 e. The molecule has 1 unspecified atom stereocenters. The normalized spacial score (nSPS) is 21.8. The van der Waals surface area contributed by atoms with E-state index in [0.717, 1.165) is 28.6 Å². The van der Waals surface area contributed by atoms with E-state index in [1.54, 1.807) is 0 Å². The van der Waals surface area contributed by atoms with Crippen molar-refractivity contribution >= 4 is 27.3 Å². The van der Waals surface area contributed by atoms with Gasteiger partial charge in [-0.05, 0) is 30.7 Å². The van der Waals surface area contributed by atoms with Crippen molar-refractivity contribution in [3.05, 3.63) is 50.1 Å². The maximum atomic E-state index is 6.27. The van der Waals surface area contributed by atoms with Crippen LogP contribution in [0.25, 0.3) is 0 Å². The summed E-state index contributed by atoms with van der Waals surface area (Å²) < 4.78 is 7.15. The van der Waals surface area contributed by atoms with Gasteiger partial charge in [-0.2, -0.15) is 0 Å². The Hall–Kier alpha value is -0.840. The third kappa shape index (κ3) is 2.57. The van der Waals surface area contributed by atoms with Crippen LogP contribution in [0.3, 0.4) is 0 Å². The summed E-state index contributed by atoms with van der Waals surface area (Å²) in [7, 11) is 0. The highest BCUT2D eigenvalue weighted by molar-refractivity contribution is 9.10. The summed E-state index contributed by atoms with van der Waals surface area (Å²) in [5.74, 6) is 0.907. The van der Waals surface area contributed by atoms with Gasteiger partial charge in [0.15, 0.2) is 0 Å². The smallest absolute Gasteiger partial charge is 0.135 e. The van der Waals surface area contributed by atoms with Crippen LogP contribution in [0.4, 0.5) is 0 Å². The SMILES string of the molecule is CCc1ccc(C2C[C@H](N)c3ccc(Br)cc3O2)s1. The minimum atomic E-state index is 0.0500. The summed E-state index contributed by atoms with van der Waals surface area (Å²) in [6, 6.07) is 10.5. The van der Waals surface area contributed by atoms with Crippen LogP contribution in [0.1, 0.15) is 40.8 Å². The molecule has 2 atom stereocenters. The molecular formula is C15H16BrNOS. The van der Waals surface area contributed by atoms with E-state index in [1.807, 2.05) is 29.5 Å². The number of hydrogen-bond acceptors (Lipinski definition) is 3. The lowest BCUT2D eigenvalue weighted by Crippen LogP contribution is -2.23. The standard InChI is InChI=1S/C15H16BrNOS/c1-2-10-4-6-15(19-10)14-8-12(17)11-5-3-9(16)7-13(11)18-14/h3-7,12,14H,2,8,17H2,1H3/t12-,14?/m0/s1. The Morgan fingerprint density at radius 2 is 2.21 bits per heavy atom. The summed E-state index contributed by atoms with van der Waals surface area (Å²) in [4.78, 5) is 2.67. The minimum Gasteiger partial charge on any atom is -0.484 e. The number of benzene rings is 1. The number of halogens is 1. The molecule has 0 amide bonds. The summed E-state index contributed by atoms with van der Waals surface area (Å²) in [6.45, 7) is 2.18. The number of nitrogens with two attached hydrogens (primary N) is 1. The monoisotopic (exact) mass is 337 g/mol. The molecule has 0 aliphatic carbocycles. The molecule has 4 heteroatoms. The van der Waals surface area contributed by atoms with Gasteiger partial charge in [0.2, 0.25) is 0 Å². The van der Waals surface area contributed by atoms with Gasteiger partial charge in [-0.25, -0.2) is 0 Å². The molecule has 0 bridgehead atoms. The first-order valence-corrected chi connectivity index (χ1v) is 8.08. The van der Waals surface area contributed by atoms with E-state index in [2.05, 4.69) is 35.0 Å². The number of rotatable bonds is 2. The molecule has 19 heavy (non-hydrogen) atoms. The highest BCUT2D eigenvalue weighted by Gasteiger charge is 2.28. The Kier molecular flexibility index (Phi) is 3.65. The summed E-state index contributed by atoms with van der Waals surface area (Å²) in [6.07, 6.45) is 2.01. The summed E-state index contributed by atoms with van der Waals surface area (Å²) in [5.41, 5.74) is 7.38. The molecule has 0 saturated heterocycles. The molecule has 2 aromatic rings. The highest BCUT2D eigenvalue weighted by Crippen LogP contribution is 2.42. The zero-order chi connectivity index (χ0) is 13.4. The molecule has 0 fully saturated rings. The molecule has 1 aliphatic rings. The molecule has 2 heterocycles. The third-order valence-corrected chi connectivity index (χ3v) is 5.28. The van der Waals surface area contributed by atoms with Crippen LogP contribution in [0.2, 0.25) is 0 Å². The van der Waals surface area contributed by atoms with Gasteiger partial charge in [-0.3, -0.25) is 0 Å². The van der Waals surface area contributed by atoms with Gasteiger partial charge in [0.25, 0.3) is 0 Å². The third-order valence-electron chi connectivity index (χ3n) is 3.46. The van der Waals surface area contributed by atoms with E-state index in [4.69, 9.17) is 10.5 Å². The van der Waals surface area contributed by atoms with Crippen molar-refractivity contribution in [1.29, 1.82) is 0 Å². The van der Waals surface area contributed by atoms with Gasteiger partial charge in [-0.15, -0.1) is 11.3 Å². The first-order chi connectivity index (χ1) is 9.17. The van der Waals surface area contributed by atoms with Gasteiger partial charge in [0.1, 0.15) is 11.9 Å². The first kappa shape index (κ1) is 13.2. The lowest BCUT2D eigenvalue weighted by molar-refractivity contribution is 0.165. The molecule has 100 valence electrons. The van der Waals surface area contributed by atoms with Gasteiger partial charge >= 0.3 is 0 Å². The van der Waals surface area contributed by atoms with Crippen molar-refractivity contribution in [1.82, 2.24) is 0 Å². The van der Waals surface area contributed by atoms with Gasteiger partial charge in [0.05, 0.1) is 0 Å². The molecule has 1 aromatic heterocycles. The van der Waals surface area contributed by atoms with Crippen LogP contribution < -0.4 is 10.5 Å². The van der Waals surface area contributed by atoms with E-state index in [1.165, 1.54) is 9.75 Å². The largest absolute Gasteiger partial charge is 0.484 e. The highest BCUT2D eigenvalue weighted by atomic mass is 79.9. The van der Waals surface area contributed by atoms with Crippen LogP contribution in [0.5, 0.6) is 5.75 Å². The zero-order valence-corrected chi connectivity index (χ0v) is 13.1. The zero-order valence-electron chi connectivity index (χ0n) is 10.7. The number of aryl methyl sites for hydroxylation is 1. The van der Waals surface area contributed by atoms with Crippen molar-refractivity contribution in [2.24, 2.45) is 5.73 Å². The van der Waals surface area contributed by atoms with Crippen molar-refractivity contribution < 1.29 is 4.74 Å². The molecule has 0 spiro atoms. The second-order valence-electron chi connectivity index (χ2n) is 4.79. The Bertz CT molecular complexity index is 596. The second kappa shape index (κ2) is 5.27. The summed E-state index contributed by atoms with van der Waals surface area (Å²) in [5, 5.41) is 0. The number of hydrogen-bond donors (Lipinski definition) is 1. The Labute approximate surface area is 125 Å². The number of ether oxygens (including phenoxy) is 1. The van der Waals surface area contributed by atoms with E-state index in [0.29, 0.717) is 0 Å². The van der Waals surface area contributed by atoms with Gasteiger partial charge in [0, 0.05) is 32.3 Å².